The highest BCUT2D eigenvalue weighted by molar-refractivity contribution is 7.48. The van der Waals surface area contributed by atoms with E-state index in [1.165, 1.54) is 6.26 Å². The van der Waals surface area contributed by atoms with Crippen LogP contribution in [0.3, 0.4) is 0 Å². The lowest BCUT2D eigenvalue weighted by Gasteiger charge is -2.13. The Morgan fingerprint density at radius 1 is 1.25 bits per heavy atom. The van der Waals surface area contributed by atoms with Crippen molar-refractivity contribution in [2.75, 3.05) is 13.2 Å². The molecule has 0 saturated carbocycles. The van der Waals surface area contributed by atoms with E-state index in [9.17, 15) is 4.57 Å². The molecule has 0 aromatic heterocycles. The summed E-state index contributed by atoms with van der Waals surface area (Å²) in [5.74, 6) is 0. The molecule has 0 bridgehead atoms. The first-order valence-corrected chi connectivity index (χ1v) is 5.33. The standard InChI is InChI=1S/C7H15O4P/c1-4-7-11-12(8,9-5-2)10-6-3/h4,7H,5-6H2,1-3H3. The van der Waals surface area contributed by atoms with Crippen molar-refractivity contribution in [2.45, 2.75) is 20.8 Å². The van der Waals surface area contributed by atoms with Gasteiger partial charge in [0, 0.05) is 0 Å². The minimum absolute atomic E-state index is 0.300. The summed E-state index contributed by atoms with van der Waals surface area (Å²) in [6.45, 7) is 5.81. The summed E-state index contributed by atoms with van der Waals surface area (Å²) >= 11 is 0. The van der Waals surface area contributed by atoms with Gasteiger partial charge in [0.2, 0.25) is 0 Å². The van der Waals surface area contributed by atoms with Gasteiger partial charge in [-0.15, -0.1) is 0 Å². The first-order valence-electron chi connectivity index (χ1n) is 3.87. The van der Waals surface area contributed by atoms with Gasteiger partial charge >= 0.3 is 7.82 Å². The normalized spacial score (nSPS) is 12.2. The molecule has 0 aliphatic heterocycles. The second-order valence-electron chi connectivity index (χ2n) is 1.86. The van der Waals surface area contributed by atoms with E-state index in [0.717, 1.165) is 0 Å². The Labute approximate surface area is 73.1 Å². The van der Waals surface area contributed by atoms with Crippen molar-refractivity contribution in [3.63, 3.8) is 0 Å². The van der Waals surface area contributed by atoms with Crippen molar-refractivity contribution in [1.82, 2.24) is 0 Å². The Balaban J connectivity index is 4.08. The lowest BCUT2D eigenvalue weighted by molar-refractivity contribution is 0.153. The molecule has 0 unspecified atom stereocenters. The predicted octanol–water partition coefficient (Wildman–Crippen LogP) is 2.72. The quantitative estimate of drug-likeness (QED) is 0.481. The Kier molecular flexibility index (Phi) is 6.07. The third-order valence-electron chi connectivity index (χ3n) is 0.900. The summed E-state index contributed by atoms with van der Waals surface area (Å²) in [6, 6.07) is 0. The number of phosphoric ester groups is 1. The molecule has 0 radical (unpaired) electrons. The molecule has 0 aliphatic rings. The van der Waals surface area contributed by atoms with Crippen LogP contribution in [-0.2, 0) is 18.1 Å². The monoisotopic (exact) mass is 194 g/mol. The average Bonchev–Trinajstić information content (AvgIpc) is 2.02. The van der Waals surface area contributed by atoms with Crippen molar-refractivity contribution in [3.05, 3.63) is 12.3 Å². The first kappa shape index (κ1) is 11.7. The van der Waals surface area contributed by atoms with Crippen LogP contribution in [0.15, 0.2) is 12.3 Å². The molecule has 0 amide bonds. The maximum Gasteiger partial charge on any atom is 0.529 e. The summed E-state index contributed by atoms with van der Waals surface area (Å²) in [5, 5.41) is 0. The van der Waals surface area contributed by atoms with E-state index in [0.29, 0.717) is 13.2 Å². The Morgan fingerprint density at radius 2 is 1.75 bits per heavy atom. The molecule has 0 N–H and O–H groups in total. The van der Waals surface area contributed by atoms with Crippen LogP contribution in [0.1, 0.15) is 20.8 Å². The van der Waals surface area contributed by atoms with Gasteiger partial charge in [-0.25, -0.2) is 4.57 Å². The third kappa shape index (κ3) is 4.54. The molecule has 0 aromatic rings. The van der Waals surface area contributed by atoms with Crippen LogP contribution in [0.2, 0.25) is 0 Å². The zero-order valence-corrected chi connectivity index (χ0v) is 8.54. The molecule has 0 saturated heterocycles. The summed E-state index contributed by atoms with van der Waals surface area (Å²) < 4.78 is 25.9. The Bertz CT molecular complexity index is 168. The highest BCUT2D eigenvalue weighted by Gasteiger charge is 2.24. The summed E-state index contributed by atoms with van der Waals surface area (Å²) in [4.78, 5) is 0. The average molecular weight is 194 g/mol. The topological polar surface area (TPSA) is 44.8 Å². The highest BCUT2D eigenvalue weighted by Crippen LogP contribution is 2.49. The maximum atomic E-state index is 11.5. The molecule has 0 aromatic carbocycles. The van der Waals surface area contributed by atoms with E-state index in [1.807, 2.05) is 0 Å². The van der Waals surface area contributed by atoms with Crippen LogP contribution in [0.25, 0.3) is 0 Å². The smallest absolute Gasteiger partial charge is 0.412 e. The van der Waals surface area contributed by atoms with Crippen LogP contribution in [0.5, 0.6) is 0 Å². The van der Waals surface area contributed by atoms with E-state index >= 15 is 0 Å². The molecule has 0 rings (SSSR count). The van der Waals surface area contributed by atoms with Gasteiger partial charge in [-0.1, -0.05) is 6.08 Å². The zero-order valence-electron chi connectivity index (χ0n) is 7.65. The van der Waals surface area contributed by atoms with Gasteiger partial charge in [0.15, 0.2) is 0 Å². The molecule has 0 heterocycles. The lowest BCUT2D eigenvalue weighted by atomic mass is 10.8. The number of phosphoric acid groups is 1. The van der Waals surface area contributed by atoms with Gasteiger partial charge in [-0.2, -0.15) is 0 Å². The van der Waals surface area contributed by atoms with Crippen molar-refractivity contribution < 1.29 is 18.1 Å². The second-order valence-corrected chi connectivity index (χ2v) is 3.48. The predicted molar refractivity (Wildman–Crippen MR) is 46.8 cm³/mol. The van der Waals surface area contributed by atoms with Crippen LogP contribution in [0, 0.1) is 0 Å². The fourth-order valence-electron chi connectivity index (χ4n) is 0.550. The molecular formula is C7H15O4P. The first-order chi connectivity index (χ1) is 5.68. The fourth-order valence-corrected chi connectivity index (χ4v) is 1.65. The van der Waals surface area contributed by atoms with Crippen molar-refractivity contribution >= 4 is 7.82 Å². The summed E-state index contributed by atoms with van der Waals surface area (Å²) in [7, 11) is -3.32. The van der Waals surface area contributed by atoms with Crippen LogP contribution >= 0.6 is 7.82 Å². The van der Waals surface area contributed by atoms with Gasteiger partial charge in [-0.3, -0.25) is 9.05 Å². The second kappa shape index (κ2) is 6.23. The van der Waals surface area contributed by atoms with Gasteiger partial charge in [0.25, 0.3) is 0 Å². The van der Waals surface area contributed by atoms with Gasteiger partial charge in [0.05, 0.1) is 19.5 Å². The molecule has 4 nitrogen and oxygen atoms in total. The molecule has 12 heavy (non-hydrogen) atoms. The lowest BCUT2D eigenvalue weighted by Crippen LogP contribution is -1.96. The zero-order chi connectivity index (χ0) is 9.45. The highest BCUT2D eigenvalue weighted by atomic mass is 31.2. The van der Waals surface area contributed by atoms with Gasteiger partial charge in [0.1, 0.15) is 0 Å². The van der Waals surface area contributed by atoms with E-state index in [-0.39, 0.29) is 0 Å². The Morgan fingerprint density at radius 3 is 2.08 bits per heavy atom. The molecule has 0 fully saturated rings. The SMILES string of the molecule is CC=COP(=O)(OCC)OCC. The molecule has 0 aliphatic carbocycles. The number of allylic oxidation sites excluding steroid dienone is 1. The van der Waals surface area contributed by atoms with Gasteiger partial charge < -0.3 is 4.52 Å². The largest absolute Gasteiger partial charge is 0.529 e. The molecule has 72 valence electrons. The third-order valence-corrected chi connectivity index (χ3v) is 2.43. The van der Waals surface area contributed by atoms with E-state index in [2.05, 4.69) is 0 Å². The number of hydrogen-bond donors (Lipinski definition) is 0. The molecule has 0 atom stereocenters. The van der Waals surface area contributed by atoms with E-state index in [1.54, 1.807) is 26.8 Å². The number of hydrogen-bond acceptors (Lipinski definition) is 4. The van der Waals surface area contributed by atoms with E-state index < -0.39 is 7.82 Å². The minimum Gasteiger partial charge on any atom is -0.412 e. The number of rotatable bonds is 6. The van der Waals surface area contributed by atoms with Crippen LogP contribution in [-0.4, -0.2) is 13.2 Å². The Hall–Kier alpha value is -0.310. The van der Waals surface area contributed by atoms with Crippen molar-refractivity contribution in [3.8, 4) is 0 Å². The van der Waals surface area contributed by atoms with Crippen LogP contribution in [0.4, 0.5) is 0 Å². The maximum absolute atomic E-state index is 11.5. The van der Waals surface area contributed by atoms with E-state index in [4.69, 9.17) is 13.6 Å². The minimum atomic E-state index is -3.32. The van der Waals surface area contributed by atoms with Crippen molar-refractivity contribution in [2.24, 2.45) is 0 Å². The molecular weight excluding hydrogens is 179 g/mol. The summed E-state index contributed by atoms with van der Waals surface area (Å²) in [5.41, 5.74) is 0. The summed E-state index contributed by atoms with van der Waals surface area (Å²) in [6.07, 6.45) is 2.91. The molecule has 0 spiro atoms. The molecule has 5 heteroatoms. The van der Waals surface area contributed by atoms with Gasteiger partial charge in [-0.05, 0) is 20.8 Å². The van der Waals surface area contributed by atoms with Crippen molar-refractivity contribution in [1.29, 1.82) is 0 Å². The fraction of sp³-hybridized carbons (Fsp3) is 0.714. The van der Waals surface area contributed by atoms with Crippen LogP contribution < -0.4 is 0 Å².